The zero-order valence-electron chi connectivity index (χ0n) is 16.1. The van der Waals surface area contributed by atoms with Crippen molar-refractivity contribution in [2.45, 2.75) is 38.0 Å². The van der Waals surface area contributed by atoms with Gasteiger partial charge in [0.05, 0.1) is 4.90 Å². The molecule has 26 heavy (non-hydrogen) atoms. The van der Waals surface area contributed by atoms with Gasteiger partial charge in [-0.05, 0) is 42.0 Å². The van der Waals surface area contributed by atoms with E-state index in [4.69, 9.17) is 0 Å². The number of halogens is 1. The van der Waals surface area contributed by atoms with Crippen molar-refractivity contribution in [1.29, 1.82) is 0 Å². The molecule has 0 radical (unpaired) electrons. The zero-order valence-corrected chi connectivity index (χ0v) is 17.7. The summed E-state index contributed by atoms with van der Waals surface area (Å²) in [6, 6.07) is 7.37. The Bertz CT molecular complexity index is 677. The SMILES string of the molecule is CC(C)c1ccc(S(=O)(=O)N2CCN(CC3(C)CCNC3)CC2)cc1.Cl. The maximum Gasteiger partial charge on any atom is 0.243 e. The van der Waals surface area contributed by atoms with Crippen molar-refractivity contribution in [3.63, 3.8) is 0 Å². The van der Waals surface area contributed by atoms with Gasteiger partial charge in [0.2, 0.25) is 10.0 Å². The first-order valence-corrected chi connectivity index (χ1v) is 10.8. The van der Waals surface area contributed by atoms with Crippen molar-refractivity contribution in [3.05, 3.63) is 29.8 Å². The summed E-state index contributed by atoms with van der Waals surface area (Å²) in [4.78, 5) is 2.83. The Labute approximate surface area is 164 Å². The molecule has 0 aliphatic carbocycles. The highest BCUT2D eigenvalue weighted by atomic mass is 35.5. The molecule has 1 atom stereocenters. The van der Waals surface area contributed by atoms with Crippen LogP contribution in [0.5, 0.6) is 0 Å². The Kier molecular flexibility index (Phi) is 7.13. The largest absolute Gasteiger partial charge is 0.316 e. The molecule has 3 rings (SSSR count). The van der Waals surface area contributed by atoms with Gasteiger partial charge in [-0.15, -0.1) is 12.4 Å². The molecule has 1 aromatic rings. The molecule has 0 aromatic heterocycles. The van der Waals surface area contributed by atoms with Crippen LogP contribution in [0.3, 0.4) is 0 Å². The second kappa shape index (κ2) is 8.57. The van der Waals surface area contributed by atoms with Gasteiger partial charge in [0.25, 0.3) is 0 Å². The van der Waals surface area contributed by atoms with E-state index in [1.54, 1.807) is 16.4 Å². The van der Waals surface area contributed by atoms with Gasteiger partial charge >= 0.3 is 0 Å². The number of nitrogens with zero attached hydrogens (tertiary/aromatic N) is 2. The number of sulfonamides is 1. The lowest BCUT2D eigenvalue weighted by Gasteiger charge is -2.38. The van der Waals surface area contributed by atoms with Crippen LogP contribution in [0, 0.1) is 5.41 Å². The Morgan fingerprint density at radius 3 is 2.23 bits per heavy atom. The Hall–Kier alpha value is -0.660. The van der Waals surface area contributed by atoms with Crippen LogP contribution in [-0.2, 0) is 10.0 Å². The van der Waals surface area contributed by atoms with Crippen molar-refractivity contribution < 1.29 is 8.42 Å². The number of hydrogen-bond acceptors (Lipinski definition) is 4. The number of rotatable bonds is 5. The quantitative estimate of drug-likeness (QED) is 0.823. The molecule has 7 heteroatoms. The lowest BCUT2D eigenvalue weighted by Crippen LogP contribution is -2.51. The van der Waals surface area contributed by atoms with Crippen molar-refractivity contribution in [3.8, 4) is 0 Å². The molecule has 0 saturated carbocycles. The first-order valence-electron chi connectivity index (χ1n) is 9.33. The minimum Gasteiger partial charge on any atom is -0.316 e. The molecule has 2 aliphatic rings. The van der Waals surface area contributed by atoms with Crippen LogP contribution in [-0.4, -0.2) is 63.4 Å². The normalized spacial score (nSPS) is 25.4. The van der Waals surface area contributed by atoms with Crippen LogP contribution in [0.25, 0.3) is 0 Å². The third-order valence-electron chi connectivity index (χ3n) is 5.58. The molecule has 5 nitrogen and oxygen atoms in total. The van der Waals surface area contributed by atoms with E-state index < -0.39 is 10.0 Å². The number of hydrogen-bond donors (Lipinski definition) is 1. The minimum absolute atomic E-state index is 0. The van der Waals surface area contributed by atoms with Gasteiger partial charge in [0, 0.05) is 39.3 Å². The fourth-order valence-corrected chi connectivity index (χ4v) is 5.27. The predicted octanol–water partition coefficient (Wildman–Crippen LogP) is 2.54. The molecule has 2 saturated heterocycles. The first-order chi connectivity index (χ1) is 11.8. The summed E-state index contributed by atoms with van der Waals surface area (Å²) >= 11 is 0. The molecule has 0 spiro atoms. The van der Waals surface area contributed by atoms with E-state index in [9.17, 15) is 8.42 Å². The average Bonchev–Trinajstić information content (AvgIpc) is 3.01. The third-order valence-corrected chi connectivity index (χ3v) is 7.49. The second-order valence-electron chi connectivity index (χ2n) is 8.14. The minimum atomic E-state index is -3.38. The van der Waals surface area contributed by atoms with Crippen molar-refractivity contribution in [2.24, 2.45) is 5.41 Å². The maximum absolute atomic E-state index is 12.9. The number of nitrogens with one attached hydrogen (secondary N) is 1. The monoisotopic (exact) mass is 401 g/mol. The Morgan fingerprint density at radius 2 is 1.73 bits per heavy atom. The molecule has 0 bridgehead atoms. The van der Waals surface area contributed by atoms with Gasteiger partial charge in [-0.1, -0.05) is 32.9 Å². The molecule has 1 unspecified atom stereocenters. The van der Waals surface area contributed by atoms with Gasteiger partial charge in [-0.3, -0.25) is 0 Å². The summed E-state index contributed by atoms with van der Waals surface area (Å²) in [6.07, 6.45) is 1.20. The molecule has 1 N–H and O–H groups in total. The van der Waals surface area contributed by atoms with E-state index in [-0.39, 0.29) is 12.4 Å². The lowest BCUT2D eigenvalue weighted by atomic mass is 9.89. The van der Waals surface area contributed by atoms with Crippen LogP contribution < -0.4 is 5.32 Å². The second-order valence-corrected chi connectivity index (χ2v) is 10.1. The molecule has 148 valence electrons. The smallest absolute Gasteiger partial charge is 0.243 e. The average molecular weight is 402 g/mol. The highest BCUT2D eigenvalue weighted by molar-refractivity contribution is 7.89. The molecule has 1 aromatic carbocycles. The molecular weight excluding hydrogens is 370 g/mol. The molecule has 2 fully saturated rings. The Morgan fingerprint density at radius 1 is 1.12 bits per heavy atom. The van der Waals surface area contributed by atoms with Crippen LogP contribution in [0.15, 0.2) is 29.2 Å². The number of piperazine rings is 1. The van der Waals surface area contributed by atoms with Gasteiger partial charge in [0.1, 0.15) is 0 Å². The lowest BCUT2D eigenvalue weighted by molar-refractivity contribution is 0.132. The van der Waals surface area contributed by atoms with Crippen LogP contribution in [0.4, 0.5) is 0 Å². The maximum atomic E-state index is 12.9. The summed E-state index contributed by atoms with van der Waals surface area (Å²) in [5.41, 5.74) is 1.50. The highest BCUT2D eigenvalue weighted by Gasteiger charge is 2.34. The van der Waals surface area contributed by atoms with E-state index in [1.165, 1.54) is 12.0 Å². The van der Waals surface area contributed by atoms with Crippen LogP contribution in [0.1, 0.15) is 38.7 Å². The van der Waals surface area contributed by atoms with Crippen molar-refractivity contribution >= 4 is 22.4 Å². The van der Waals surface area contributed by atoms with Crippen LogP contribution >= 0.6 is 12.4 Å². The highest BCUT2D eigenvalue weighted by Crippen LogP contribution is 2.27. The van der Waals surface area contributed by atoms with E-state index in [1.807, 2.05) is 12.1 Å². The fraction of sp³-hybridized carbons (Fsp3) is 0.684. The standard InChI is InChI=1S/C19H31N3O2S.ClH/c1-16(2)17-4-6-18(7-5-17)25(23,24)22-12-10-21(11-13-22)15-19(3)8-9-20-14-19;/h4-7,16,20H,8-15H2,1-3H3;1H. The fourth-order valence-electron chi connectivity index (χ4n) is 3.85. The molecule has 0 amide bonds. The first kappa shape index (κ1) is 21.6. The summed E-state index contributed by atoms with van der Waals surface area (Å²) < 4.78 is 27.4. The number of benzene rings is 1. The van der Waals surface area contributed by atoms with Crippen LogP contribution in [0.2, 0.25) is 0 Å². The third kappa shape index (κ3) is 4.78. The molecule has 2 heterocycles. The Balaban J connectivity index is 0.00000243. The van der Waals surface area contributed by atoms with E-state index >= 15 is 0 Å². The van der Waals surface area contributed by atoms with Gasteiger partial charge in [-0.2, -0.15) is 4.31 Å². The molecule has 2 aliphatic heterocycles. The van der Waals surface area contributed by atoms with E-state index in [0.717, 1.165) is 32.7 Å². The van der Waals surface area contributed by atoms with E-state index in [0.29, 0.717) is 29.3 Å². The van der Waals surface area contributed by atoms with Crippen molar-refractivity contribution in [1.82, 2.24) is 14.5 Å². The van der Waals surface area contributed by atoms with Gasteiger partial charge in [-0.25, -0.2) is 8.42 Å². The predicted molar refractivity (Wildman–Crippen MR) is 109 cm³/mol. The van der Waals surface area contributed by atoms with Crippen molar-refractivity contribution in [2.75, 3.05) is 45.8 Å². The van der Waals surface area contributed by atoms with E-state index in [2.05, 4.69) is 31.0 Å². The van der Waals surface area contributed by atoms with Gasteiger partial charge < -0.3 is 10.2 Å². The summed E-state index contributed by atoms with van der Waals surface area (Å²) in [6.45, 7) is 12.6. The topological polar surface area (TPSA) is 52.7 Å². The summed E-state index contributed by atoms with van der Waals surface area (Å²) in [5, 5.41) is 3.44. The van der Waals surface area contributed by atoms with Gasteiger partial charge in [0.15, 0.2) is 0 Å². The molecular formula is C19H32ClN3O2S. The summed E-state index contributed by atoms with van der Waals surface area (Å²) in [7, 11) is -3.38. The zero-order chi connectivity index (χ0) is 18.1. The summed E-state index contributed by atoms with van der Waals surface area (Å²) in [5.74, 6) is 0.409.